The van der Waals surface area contributed by atoms with Gasteiger partial charge in [-0.15, -0.1) is 0 Å². The number of rotatable bonds is 5. The Bertz CT molecular complexity index is 146. The molecule has 0 N–H and O–H groups in total. The van der Waals surface area contributed by atoms with Crippen LogP contribution in [-0.4, -0.2) is 33.1 Å². The van der Waals surface area contributed by atoms with Crippen LogP contribution in [0.15, 0.2) is 0 Å². The van der Waals surface area contributed by atoms with Crippen molar-refractivity contribution in [3.63, 3.8) is 0 Å². The van der Waals surface area contributed by atoms with Gasteiger partial charge in [0, 0.05) is 7.11 Å². The van der Waals surface area contributed by atoms with Gasteiger partial charge in [0.15, 0.2) is 6.61 Å². The molecule has 0 heterocycles. The number of hydrogen-bond donors (Lipinski definition) is 0. The molecule has 1 atom stereocenters. The van der Waals surface area contributed by atoms with Gasteiger partial charge >= 0.3 is 5.97 Å². The minimum atomic E-state index is -2.22. The number of hydrogen-bond acceptors (Lipinski definition) is 5. The van der Waals surface area contributed by atoms with Gasteiger partial charge in [-0.25, -0.2) is 4.79 Å². The van der Waals surface area contributed by atoms with Crippen LogP contribution in [0, 0.1) is 0 Å². The second-order valence-corrected chi connectivity index (χ2v) is 2.99. The van der Waals surface area contributed by atoms with Crippen molar-refractivity contribution in [3.05, 3.63) is 0 Å². The third-order valence-electron chi connectivity index (χ3n) is 0.841. The zero-order valence-electron chi connectivity index (χ0n) is 6.46. The molecule has 0 radical (unpaired) electrons. The van der Waals surface area contributed by atoms with Crippen LogP contribution in [0.1, 0.15) is 0 Å². The van der Waals surface area contributed by atoms with E-state index in [1.54, 1.807) is 0 Å². The van der Waals surface area contributed by atoms with Gasteiger partial charge in [0.2, 0.25) is 8.03 Å². The van der Waals surface area contributed by atoms with Crippen LogP contribution in [0.3, 0.4) is 0 Å². The number of methoxy groups -OCH3 is 2. The molecular formula is C5H11O5P. The van der Waals surface area contributed by atoms with Crippen molar-refractivity contribution >= 4 is 14.0 Å². The molecule has 66 valence electrons. The van der Waals surface area contributed by atoms with Crippen LogP contribution in [0.25, 0.3) is 0 Å². The highest BCUT2D eigenvalue weighted by atomic mass is 31.1. The summed E-state index contributed by atoms with van der Waals surface area (Å²) in [6, 6.07) is 0. The smallest absolute Gasteiger partial charge is 0.332 e. The van der Waals surface area contributed by atoms with Gasteiger partial charge in [-0.05, 0) is 0 Å². The van der Waals surface area contributed by atoms with Crippen molar-refractivity contribution < 1.29 is 23.4 Å². The Morgan fingerprint density at radius 2 is 2.09 bits per heavy atom. The highest BCUT2D eigenvalue weighted by molar-refractivity contribution is 7.38. The third-order valence-corrected chi connectivity index (χ3v) is 1.83. The second kappa shape index (κ2) is 6.34. The molecule has 6 heteroatoms. The number of esters is 1. The van der Waals surface area contributed by atoms with Crippen LogP contribution >= 0.6 is 8.03 Å². The second-order valence-electron chi connectivity index (χ2n) is 1.67. The molecule has 5 nitrogen and oxygen atoms in total. The molecule has 0 spiro atoms. The normalized spacial score (nSPS) is 12.5. The molecule has 0 bridgehead atoms. The van der Waals surface area contributed by atoms with Crippen LogP contribution < -0.4 is 0 Å². The maximum absolute atomic E-state index is 10.7. The van der Waals surface area contributed by atoms with E-state index in [-0.39, 0.29) is 13.0 Å². The minimum absolute atomic E-state index is 0.0294. The fraction of sp³-hybridized carbons (Fsp3) is 0.800. The summed E-state index contributed by atoms with van der Waals surface area (Å²) in [4.78, 5) is 10.4. The summed E-state index contributed by atoms with van der Waals surface area (Å²) in [6.45, 7) is -0.280. The van der Waals surface area contributed by atoms with E-state index in [9.17, 15) is 9.36 Å². The Morgan fingerprint density at radius 3 is 2.55 bits per heavy atom. The van der Waals surface area contributed by atoms with E-state index < -0.39 is 14.0 Å². The predicted molar refractivity (Wildman–Crippen MR) is 38.8 cm³/mol. The molecule has 0 aromatic rings. The summed E-state index contributed by atoms with van der Waals surface area (Å²) in [6.07, 6.45) is 0.0294. The first-order valence-corrected chi connectivity index (χ1v) is 4.44. The Morgan fingerprint density at radius 1 is 1.45 bits per heavy atom. The average molecular weight is 182 g/mol. The van der Waals surface area contributed by atoms with Crippen molar-refractivity contribution in [2.24, 2.45) is 0 Å². The fourth-order valence-corrected chi connectivity index (χ4v) is 0.956. The molecule has 0 aromatic carbocycles. The van der Waals surface area contributed by atoms with Crippen molar-refractivity contribution in [2.45, 2.75) is 0 Å². The van der Waals surface area contributed by atoms with Crippen molar-refractivity contribution in [1.82, 2.24) is 0 Å². The molecule has 0 rings (SSSR count). The summed E-state index contributed by atoms with van der Waals surface area (Å²) in [5, 5.41) is 0. The predicted octanol–water partition coefficient (Wildman–Crippen LogP) is 0.255. The zero-order valence-corrected chi connectivity index (χ0v) is 7.46. The summed E-state index contributed by atoms with van der Waals surface area (Å²) < 4.78 is 24.1. The summed E-state index contributed by atoms with van der Waals surface area (Å²) in [5.74, 6) is -0.542. The van der Waals surface area contributed by atoms with Crippen LogP contribution in [0.2, 0.25) is 0 Å². The van der Waals surface area contributed by atoms with Gasteiger partial charge in [0.1, 0.15) is 6.35 Å². The first-order valence-electron chi connectivity index (χ1n) is 2.92. The van der Waals surface area contributed by atoms with Gasteiger partial charge < -0.3 is 14.0 Å². The van der Waals surface area contributed by atoms with Crippen molar-refractivity contribution in [3.8, 4) is 0 Å². The van der Waals surface area contributed by atoms with Crippen molar-refractivity contribution in [2.75, 3.05) is 27.2 Å². The maximum atomic E-state index is 10.7. The largest absolute Gasteiger partial charge is 0.467 e. The zero-order chi connectivity index (χ0) is 8.69. The lowest BCUT2D eigenvalue weighted by atomic mass is 10.8. The molecule has 0 fully saturated rings. The molecule has 11 heavy (non-hydrogen) atoms. The lowest BCUT2D eigenvalue weighted by molar-refractivity contribution is -0.142. The summed E-state index contributed by atoms with van der Waals surface area (Å²) >= 11 is 0. The van der Waals surface area contributed by atoms with Crippen LogP contribution in [0.4, 0.5) is 0 Å². The topological polar surface area (TPSA) is 61.8 Å². The van der Waals surface area contributed by atoms with Gasteiger partial charge in [0.25, 0.3) is 0 Å². The molecule has 1 unspecified atom stereocenters. The highest BCUT2D eigenvalue weighted by Gasteiger charge is 2.03. The van der Waals surface area contributed by atoms with Crippen LogP contribution in [0.5, 0.6) is 0 Å². The Labute approximate surface area is 65.5 Å². The Balaban J connectivity index is 3.38. The lowest BCUT2D eigenvalue weighted by Crippen LogP contribution is -2.07. The first kappa shape index (κ1) is 10.6. The number of carbonyl (C=O) groups excluding carboxylic acids is 1. The monoisotopic (exact) mass is 182 g/mol. The molecule has 0 aliphatic carbocycles. The Kier molecular flexibility index (Phi) is 6.12. The first-order chi connectivity index (χ1) is 5.20. The third kappa shape index (κ3) is 6.04. The molecule has 0 aliphatic rings. The standard InChI is InChI=1S/C5H11O5P/c1-8-4-11(7)10-3-5(6)9-2/h11H,3-4H2,1-2H3. The number of ether oxygens (including phenoxy) is 2. The maximum Gasteiger partial charge on any atom is 0.332 e. The van der Waals surface area contributed by atoms with E-state index in [2.05, 4.69) is 14.0 Å². The van der Waals surface area contributed by atoms with E-state index >= 15 is 0 Å². The Hall–Kier alpha value is -0.380. The van der Waals surface area contributed by atoms with Gasteiger partial charge in [-0.3, -0.25) is 4.57 Å². The highest BCUT2D eigenvalue weighted by Crippen LogP contribution is 2.20. The van der Waals surface area contributed by atoms with Gasteiger partial charge in [0.05, 0.1) is 7.11 Å². The lowest BCUT2D eigenvalue weighted by Gasteiger charge is -2.00. The molecule has 0 aliphatic heterocycles. The molecule has 0 amide bonds. The van der Waals surface area contributed by atoms with E-state index in [1.807, 2.05) is 0 Å². The molecule has 0 saturated carbocycles. The van der Waals surface area contributed by atoms with Crippen LogP contribution in [-0.2, 0) is 23.4 Å². The van der Waals surface area contributed by atoms with E-state index in [0.29, 0.717) is 0 Å². The van der Waals surface area contributed by atoms with Crippen molar-refractivity contribution in [1.29, 1.82) is 0 Å². The van der Waals surface area contributed by atoms with Gasteiger partial charge in [-0.2, -0.15) is 0 Å². The molecular weight excluding hydrogens is 171 g/mol. The molecule has 0 aromatic heterocycles. The number of carbonyl (C=O) groups is 1. The van der Waals surface area contributed by atoms with E-state index in [0.717, 1.165) is 0 Å². The van der Waals surface area contributed by atoms with Gasteiger partial charge in [-0.1, -0.05) is 0 Å². The van der Waals surface area contributed by atoms with E-state index in [4.69, 9.17) is 0 Å². The summed E-state index contributed by atoms with van der Waals surface area (Å²) in [5.41, 5.74) is 0. The quantitative estimate of drug-likeness (QED) is 0.450. The minimum Gasteiger partial charge on any atom is -0.467 e. The molecule has 0 saturated heterocycles. The van der Waals surface area contributed by atoms with E-state index in [1.165, 1.54) is 14.2 Å². The fourth-order valence-electron chi connectivity index (χ4n) is 0.358. The SMILES string of the molecule is COC[PH](=O)OCC(=O)OC. The average Bonchev–Trinajstić information content (AvgIpc) is 2.01. The summed E-state index contributed by atoms with van der Waals surface area (Å²) in [7, 11) is 0.424.